The van der Waals surface area contributed by atoms with Crippen molar-refractivity contribution in [3.05, 3.63) is 54.1 Å². The normalized spacial score (nSPS) is 13.1. The molecule has 33 heavy (non-hydrogen) atoms. The van der Waals surface area contributed by atoms with Gasteiger partial charge in [0, 0.05) is 19.8 Å². The SMILES string of the molecule is CCCOC(=O)[C@H](CC(C)C)N(C)S(=O)(=O)c1ccc(Cn2c(C)nc3cnccc32)cc1. The Morgan fingerprint density at radius 1 is 1.18 bits per heavy atom. The molecule has 3 rings (SSSR count). The van der Waals surface area contributed by atoms with Crippen LogP contribution in [0.5, 0.6) is 0 Å². The number of hydrogen-bond donors (Lipinski definition) is 0. The predicted molar refractivity (Wildman–Crippen MR) is 127 cm³/mol. The number of carbonyl (C=O) groups is 1. The minimum Gasteiger partial charge on any atom is -0.465 e. The number of hydrogen-bond acceptors (Lipinski definition) is 6. The summed E-state index contributed by atoms with van der Waals surface area (Å²) in [6.07, 6.45) is 4.52. The number of nitrogens with zero attached hydrogens (tertiary/aromatic N) is 4. The number of pyridine rings is 1. The topological polar surface area (TPSA) is 94.4 Å². The third-order valence-electron chi connectivity index (χ3n) is 5.54. The smallest absolute Gasteiger partial charge is 0.324 e. The van der Waals surface area contributed by atoms with Crippen molar-refractivity contribution in [1.29, 1.82) is 0 Å². The highest BCUT2D eigenvalue weighted by atomic mass is 32.2. The molecule has 0 radical (unpaired) electrons. The fourth-order valence-corrected chi connectivity index (χ4v) is 5.04. The van der Waals surface area contributed by atoms with E-state index in [9.17, 15) is 13.2 Å². The number of fused-ring (bicyclic) bond motifs is 1. The molecule has 0 bridgehead atoms. The van der Waals surface area contributed by atoms with Gasteiger partial charge < -0.3 is 9.30 Å². The molecule has 2 aromatic heterocycles. The minimum absolute atomic E-state index is 0.132. The molecule has 178 valence electrons. The summed E-state index contributed by atoms with van der Waals surface area (Å²) in [5.41, 5.74) is 2.74. The van der Waals surface area contributed by atoms with Crippen molar-refractivity contribution < 1.29 is 17.9 Å². The van der Waals surface area contributed by atoms with E-state index in [4.69, 9.17) is 4.74 Å². The summed E-state index contributed by atoms with van der Waals surface area (Å²) >= 11 is 0. The number of benzene rings is 1. The number of carbonyl (C=O) groups excluding carboxylic acids is 1. The maximum Gasteiger partial charge on any atom is 0.324 e. The summed E-state index contributed by atoms with van der Waals surface area (Å²) < 4.78 is 35.0. The zero-order valence-electron chi connectivity index (χ0n) is 19.9. The van der Waals surface area contributed by atoms with Gasteiger partial charge in [-0.05, 0) is 49.4 Å². The molecule has 0 spiro atoms. The van der Waals surface area contributed by atoms with E-state index < -0.39 is 22.0 Å². The predicted octanol–water partition coefficient (Wildman–Crippen LogP) is 3.78. The zero-order valence-corrected chi connectivity index (χ0v) is 20.7. The average molecular weight is 473 g/mol. The maximum absolute atomic E-state index is 13.3. The summed E-state index contributed by atoms with van der Waals surface area (Å²) in [5, 5.41) is 0. The molecule has 3 aromatic rings. The number of esters is 1. The first-order chi connectivity index (χ1) is 15.6. The van der Waals surface area contributed by atoms with Crippen LogP contribution in [-0.2, 0) is 26.1 Å². The minimum atomic E-state index is -3.87. The summed E-state index contributed by atoms with van der Waals surface area (Å²) in [4.78, 5) is 21.4. The Labute approximate surface area is 195 Å². The molecule has 9 heteroatoms. The number of likely N-dealkylation sites (N-methyl/N-ethyl adjacent to an activating group) is 1. The molecule has 1 atom stereocenters. The molecule has 0 amide bonds. The highest BCUT2D eigenvalue weighted by Crippen LogP contribution is 2.23. The van der Waals surface area contributed by atoms with Crippen LogP contribution in [0.1, 0.15) is 45.0 Å². The zero-order chi connectivity index (χ0) is 24.2. The summed E-state index contributed by atoms with van der Waals surface area (Å²) in [6, 6.07) is 7.80. The molecular weight excluding hydrogens is 440 g/mol. The molecule has 0 saturated carbocycles. The van der Waals surface area contributed by atoms with Gasteiger partial charge in [0.25, 0.3) is 0 Å². The molecule has 0 saturated heterocycles. The average Bonchev–Trinajstić information content (AvgIpc) is 3.10. The molecule has 0 N–H and O–H groups in total. The van der Waals surface area contributed by atoms with Crippen molar-refractivity contribution in [2.75, 3.05) is 13.7 Å². The molecule has 0 aliphatic heterocycles. The first-order valence-electron chi connectivity index (χ1n) is 11.2. The second-order valence-corrected chi connectivity index (χ2v) is 10.6. The van der Waals surface area contributed by atoms with Gasteiger partial charge in [0.2, 0.25) is 10.0 Å². The third kappa shape index (κ3) is 5.59. The summed E-state index contributed by atoms with van der Waals surface area (Å²) in [7, 11) is -2.43. The van der Waals surface area contributed by atoms with Gasteiger partial charge in [-0.1, -0.05) is 32.9 Å². The number of aromatic nitrogens is 3. The summed E-state index contributed by atoms with van der Waals surface area (Å²) in [5.74, 6) is 0.481. The number of sulfonamides is 1. The molecule has 2 heterocycles. The van der Waals surface area contributed by atoms with Crippen molar-refractivity contribution >= 4 is 27.0 Å². The largest absolute Gasteiger partial charge is 0.465 e. The van der Waals surface area contributed by atoms with Gasteiger partial charge in [0.05, 0.1) is 23.2 Å². The third-order valence-corrected chi connectivity index (χ3v) is 7.42. The molecule has 0 aliphatic carbocycles. The van der Waals surface area contributed by atoms with E-state index in [1.54, 1.807) is 36.7 Å². The van der Waals surface area contributed by atoms with Crippen molar-refractivity contribution in [3.8, 4) is 0 Å². The number of aryl methyl sites for hydroxylation is 1. The van der Waals surface area contributed by atoms with Crippen molar-refractivity contribution in [3.63, 3.8) is 0 Å². The molecule has 0 aliphatic rings. The van der Waals surface area contributed by atoms with Crippen LogP contribution in [0, 0.1) is 12.8 Å². The lowest BCUT2D eigenvalue weighted by Crippen LogP contribution is -2.44. The van der Waals surface area contributed by atoms with E-state index in [2.05, 4.69) is 14.5 Å². The first-order valence-corrected chi connectivity index (χ1v) is 12.6. The Morgan fingerprint density at radius 3 is 2.52 bits per heavy atom. The van der Waals surface area contributed by atoms with Crippen LogP contribution in [0.2, 0.25) is 0 Å². The fourth-order valence-electron chi connectivity index (χ4n) is 3.72. The Kier molecular flexibility index (Phi) is 7.86. The van der Waals surface area contributed by atoms with E-state index in [0.29, 0.717) is 19.4 Å². The van der Waals surface area contributed by atoms with Gasteiger partial charge in [-0.2, -0.15) is 4.31 Å². The number of ether oxygens (including phenoxy) is 1. The monoisotopic (exact) mass is 472 g/mol. The van der Waals surface area contributed by atoms with Gasteiger partial charge in [-0.15, -0.1) is 0 Å². The van der Waals surface area contributed by atoms with Gasteiger partial charge >= 0.3 is 5.97 Å². The second kappa shape index (κ2) is 10.4. The highest BCUT2D eigenvalue weighted by molar-refractivity contribution is 7.89. The number of imidazole rings is 1. The van der Waals surface area contributed by atoms with Gasteiger partial charge in [-0.3, -0.25) is 9.78 Å². The Balaban J connectivity index is 1.83. The highest BCUT2D eigenvalue weighted by Gasteiger charge is 2.34. The lowest BCUT2D eigenvalue weighted by atomic mass is 10.0. The standard InChI is InChI=1S/C24H32N4O4S/c1-6-13-32-24(29)23(14-17(2)3)27(5)33(30,31)20-9-7-19(8-10-20)16-28-18(4)26-21-15-25-12-11-22(21)28/h7-12,15,17,23H,6,13-14,16H2,1-5H3/t23-/m0/s1. The lowest BCUT2D eigenvalue weighted by Gasteiger charge is -2.27. The molecule has 1 aromatic carbocycles. The molecule has 0 unspecified atom stereocenters. The Bertz CT molecular complexity index is 1200. The van der Waals surface area contributed by atoms with Crippen molar-refractivity contribution in [1.82, 2.24) is 18.8 Å². The molecule has 0 fully saturated rings. The van der Waals surface area contributed by atoms with Crippen LogP contribution in [0.15, 0.2) is 47.6 Å². The van der Waals surface area contributed by atoms with Gasteiger partial charge in [0.15, 0.2) is 0 Å². The molecular formula is C24H32N4O4S. The van der Waals surface area contributed by atoms with Crippen LogP contribution in [0.25, 0.3) is 11.0 Å². The quantitative estimate of drug-likeness (QED) is 0.417. The van der Waals surface area contributed by atoms with Crippen molar-refractivity contribution in [2.45, 2.75) is 58.0 Å². The van der Waals surface area contributed by atoms with E-state index in [1.165, 1.54) is 7.05 Å². The van der Waals surface area contributed by atoms with E-state index >= 15 is 0 Å². The van der Waals surface area contributed by atoms with Crippen LogP contribution in [0.4, 0.5) is 0 Å². The van der Waals surface area contributed by atoms with Crippen LogP contribution in [-0.4, -0.2) is 52.9 Å². The van der Waals surface area contributed by atoms with Crippen LogP contribution >= 0.6 is 0 Å². The number of rotatable bonds is 10. The molecule has 8 nitrogen and oxygen atoms in total. The van der Waals surface area contributed by atoms with E-state index in [0.717, 1.165) is 26.7 Å². The maximum atomic E-state index is 13.3. The van der Waals surface area contributed by atoms with Crippen molar-refractivity contribution in [2.24, 2.45) is 5.92 Å². The first kappa shape index (κ1) is 24.9. The second-order valence-electron chi connectivity index (χ2n) is 8.59. The van der Waals surface area contributed by atoms with Crippen LogP contribution in [0.3, 0.4) is 0 Å². The Hall–Kier alpha value is -2.78. The van der Waals surface area contributed by atoms with Gasteiger partial charge in [0.1, 0.15) is 17.4 Å². The lowest BCUT2D eigenvalue weighted by molar-refractivity contribution is -0.148. The van der Waals surface area contributed by atoms with E-state index in [1.807, 2.05) is 33.8 Å². The summed E-state index contributed by atoms with van der Waals surface area (Å²) in [6.45, 7) is 8.56. The Morgan fingerprint density at radius 2 is 1.88 bits per heavy atom. The van der Waals surface area contributed by atoms with Crippen LogP contribution < -0.4 is 0 Å². The van der Waals surface area contributed by atoms with E-state index in [-0.39, 0.29) is 17.4 Å². The van der Waals surface area contributed by atoms with Gasteiger partial charge in [-0.25, -0.2) is 13.4 Å². The fraction of sp³-hybridized carbons (Fsp3) is 0.458.